The summed E-state index contributed by atoms with van der Waals surface area (Å²) in [7, 11) is 1.17. The summed E-state index contributed by atoms with van der Waals surface area (Å²) in [6, 6.07) is 16.9. The summed E-state index contributed by atoms with van der Waals surface area (Å²) in [6.45, 7) is 0. The maximum atomic E-state index is 14.9. The van der Waals surface area contributed by atoms with Gasteiger partial charge in [0.1, 0.15) is 6.07 Å². The minimum Gasteiger partial charge on any atom is -0.467 e. The summed E-state index contributed by atoms with van der Waals surface area (Å²) in [5, 5.41) is 11.5. The summed E-state index contributed by atoms with van der Waals surface area (Å²) in [6.07, 6.45) is -0.418. The molecule has 0 fully saturated rings. The van der Waals surface area contributed by atoms with Crippen molar-refractivity contribution < 1.29 is 18.7 Å². The molecule has 0 spiro atoms. The van der Waals surface area contributed by atoms with Gasteiger partial charge in [-0.1, -0.05) is 60.7 Å². The highest BCUT2D eigenvalue weighted by molar-refractivity contribution is 5.92. The van der Waals surface area contributed by atoms with Crippen molar-refractivity contribution in [3.05, 3.63) is 71.8 Å². The number of methoxy groups -OCH3 is 1. The number of carbonyl (C=O) groups is 2. The SMILES string of the molecule is COC(=O)C(NC(=O)C(F)(C#N)Cc1ccccc1)c1ccccc1. The van der Waals surface area contributed by atoms with Crippen LogP contribution in [-0.4, -0.2) is 24.7 Å². The van der Waals surface area contributed by atoms with Crippen molar-refractivity contribution in [3.8, 4) is 6.07 Å². The van der Waals surface area contributed by atoms with Gasteiger partial charge in [0.2, 0.25) is 0 Å². The van der Waals surface area contributed by atoms with Gasteiger partial charge in [-0.2, -0.15) is 5.26 Å². The number of carbonyl (C=O) groups excluding carboxylic acids is 2. The topological polar surface area (TPSA) is 79.2 Å². The lowest BCUT2D eigenvalue weighted by atomic mass is 9.96. The molecule has 1 N–H and O–H groups in total. The van der Waals surface area contributed by atoms with Gasteiger partial charge in [0.25, 0.3) is 11.6 Å². The molecular weight excluding hydrogens is 323 g/mol. The first-order valence-electron chi connectivity index (χ1n) is 7.58. The fraction of sp³-hybridized carbons (Fsp3) is 0.211. The van der Waals surface area contributed by atoms with Crippen LogP contribution in [0.3, 0.4) is 0 Å². The van der Waals surface area contributed by atoms with Gasteiger partial charge in [-0.15, -0.1) is 0 Å². The third kappa shape index (κ3) is 4.42. The highest BCUT2D eigenvalue weighted by Crippen LogP contribution is 2.21. The summed E-state index contributed by atoms with van der Waals surface area (Å²) in [4.78, 5) is 24.4. The Morgan fingerprint density at radius 2 is 1.72 bits per heavy atom. The number of esters is 1. The average molecular weight is 340 g/mol. The van der Waals surface area contributed by atoms with E-state index in [-0.39, 0.29) is 0 Å². The van der Waals surface area contributed by atoms with Crippen LogP contribution in [0, 0.1) is 11.3 Å². The smallest absolute Gasteiger partial charge is 0.333 e. The molecule has 1 amide bonds. The Balaban J connectivity index is 2.24. The number of nitrogens with one attached hydrogen (secondary N) is 1. The van der Waals surface area contributed by atoms with Crippen molar-refractivity contribution in [2.45, 2.75) is 18.1 Å². The van der Waals surface area contributed by atoms with E-state index in [1.807, 2.05) is 0 Å². The fourth-order valence-corrected chi connectivity index (χ4v) is 2.33. The lowest BCUT2D eigenvalue weighted by Crippen LogP contribution is -2.47. The van der Waals surface area contributed by atoms with E-state index in [4.69, 9.17) is 0 Å². The zero-order valence-corrected chi connectivity index (χ0v) is 13.6. The van der Waals surface area contributed by atoms with Gasteiger partial charge in [-0.3, -0.25) is 4.79 Å². The van der Waals surface area contributed by atoms with Crippen molar-refractivity contribution in [2.75, 3.05) is 7.11 Å². The first-order chi connectivity index (χ1) is 12.0. The van der Waals surface area contributed by atoms with Crippen LogP contribution in [-0.2, 0) is 20.7 Å². The molecule has 6 heteroatoms. The number of benzene rings is 2. The molecule has 0 bridgehead atoms. The minimum atomic E-state index is -2.80. The first-order valence-corrected chi connectivity index (χ1v) is 7.58. The van der Waals surface area contributed by atoms with Gasteiger partial charge in [0.15, 0.2) is 6.04 Å². The van der Waals surface area contributed by atoms with Crippen LogP contribution in [0.2, 0.25) is 0 Å². The molecule has 25 heavy (non-hydrogen) atoms. The predicted octanol–water partition coefficient (Wildman–Crippen LogP) is 2.49. The van der Waals surface area contributed by atoms with Gasteiger partial charge in [-0.25, -0.2) is 9.18 Å². The Labute approximate surface area is 145 Å². The molecule has 128 valence electrons. The Kier molecular flexibility index (Phi) is 5.85. The van der Waals surface area contributed by atoms with E-state index in [0.29, 0.717) is 11.1 Å². The molecule has 2 unspecified atom stereocenters. The summed E-state index contributed by atoms with van der Waals surface area (Å²) in [5.41, 5.74) is -1.87. The largest absolute Gasteiger partial charge is 0.467 e. The zero-order chi connectivity index (χ0) is 18.3. The van der Waals surface area contributed by atoms with Crippen molar-refractivity contribution in [3.63, 3.8) is 0 Å². The second-order valence-corrected chi connectivity index (χ2v) is 5.42. The number of hydrogen-bond donors (Lipinski definition) is 1. The number of halogens is 1. The predicted molar refractivity (Wildman–Crippen MR) is 88.9 cm³/mol. The molecule has 0 saturated carbocycles. The van der Waals surface area contributed by atoms with Crippen molar-refractivity contribution in [2.24, 2.45) is 0 Å². The Morgan fingerprint density at radius 3 is 2.24 bits per heavy atom. The van der Waals surface area contributed by atoms with Crippen LogP contribution >= 0.6 is 0 Å². The number of hydrogen-bond acceptors (Lipinski definition) is 4. The molecule has 5 nitrogen and oxygen atoms in total. The molecule has 0 saturated heterocycles. The van der Waals surface area contributed by atoms with E-state index in [9.17, 15) is 19.2 Å². The second kappa shape index (κ2) is 8.06. The molecule has 2 aromatic carbocycles. The number of amides is 1. The van der Waals surface area contributed by atoms with Crippen molar-refractivity contribution in [1.29, 1.82) is 5.26 Å². The molecule has 0 heterocycles. The van der Waals surface area contributed by atoms with Crippen LogP contribution in [0.1, 0.15) is 17.2 Å². The van der Waals surface area contributed by atoms with E-state index < -0.39 is 30.0 Å². The van der Waals surface area contributed by atoms with Gasteiger partial charge >= 0.3 is 5.97 Å². The number of ether oxygens (including phenoxy) is 1. The van der Waals surface area contributed by atoms with E-state index in [1.165, 1.54) is 13.2 Å². The van der Waals surface area contributed by atoms with Crippen molar-refractivity contribution in [1.82, 2.24) is 5.32 Å². The molecule has 0 aliphatic rings. The summed E-state index contributed by atoms with van der Waals surface area (Å²) >= 11 is 0. The average Bonchev–Trinajstić information content (AvgIpc) is 2.66. The van der Waals surface area contributed by atoms with E-state index >= 15 is 0 Å². The quantitative estimate of drug-likeness (QED) is 0.820. The highest BCUT2D eigenvalue weighted by atomic mass is 19.1. The number of nitrogens with zero attached hydrogens (tertiary/aromatic N) is 1. The molecule has 0 aromatic heterocycles. The maximum Gasteiger partial charge on any atom is 0.333 e. The monoisotopic (exact) mass is 340 g/mol. The molecule has 0 radical (unpaired) electrons. The maximum absolute atomic E-state index is 14.9. The fourth-order valence-electron chi connectivity index (χ4n) is 2.33. The van der Waals surface area contributed by atoms with Gasteiger partial charge < -0.3 is 10.1 Å². The van der Waals surface area contributed by atoms with Crippen molar-refractivity contribution >= 4 is 11.9 Å². The van der Waals surface area contributed by atoms with Crippen LogP contribution < -0.4 is 5.32 Å². The lowest BCUT2D eigenvalue weighted by molar-refractivity contribution is -0.146. The van der Waals surface area contributed by atoms with E-state index in [1.54, 1.807) is 60.7 Å². The summed E-state index contributed by atoms with van der Waals surface area (Å²) in [5.74, 6) is -1.93. The van der Waals surface area contributed by atoms with E-state index in [0.717, 1.165) is 0 Å². The minimum absolute atomic E-state index is 0.418. The summed E-state index contributed by atoms with van der Waals surface area (Å²) < 4.78 is 19.6. The highest BCUT2D eigenvalue weighted by Gasteiger charge is 2.41. The van der Waals surface area contributed by atoms with Crippen LogP contribution in [0.25, 0.3) is 0 Å². The van der Waals surface area contributed by atoms with E-state index in [2.05, 4.69) is 10.1 Å². The molecular formula is C19H17FN2O3. The molecule has 0 aliphatic heterocycles. The molecule has 0 aliphatic carbocycles. The molecule has 2 rings (SSSR count). The number of alkyl halides is 1. The molecule has 2 atom stereocenters. The second-order valence-electron chi connectivity index (χ2n) is 5.42. The van der Waals surface area contributed by atoms with Crippen LogP contribution in [0.4, 0.5) is 4.39 Å². The van der Waals surface area contributed by atoms with Crippen LogP contribution in [0.5, 0.6) is 0 Å². The first kappa shape index (κ1) is 18.1. The Bertz CT molecular complexity index is 774. The van der Waals surface area contributed by atoms with Gasteiger partial charge in [0.05, 0.1) is 7.11 Å². The third-order valence-corrected chi connectivity index (χ3v) is 3.67. The molecule has 2 aromatic rings. The standard InChI is InChI=1S/C19H17FN2O3/c1-25-17(23)16(15-10-6-3-7-11-15)22-18(24)19(20,13-21)12-14-8-4-2-5-9-14/h2-11,16H,12H2,1H3,(H,22,24). The Morgan fingerprint density at radius 1 is 1.16 bits per heavy atom. The van der Waals surface area contributed by atoms with Gasteiger partial charge in [0, 0.05) is 6.42 Å². The Hall–Kier alpha value is -3.20. The van der Waals surface area contributed by atoms with Crippen LogP contribution in [0.15, 0.2) is 60.7 Å². The number of nitriles is 1. The number of rotatable bonds is 6. The lowest BCUT2D eigenvalue weighted by Gasteiger charge is -2.22. The van der Waals surface area contributed by atoms with Gasteiger partial charge in [-0.05, 0) is 11.1 Å². The third-order valence-electron chi connectivity index (χ3n) is 3.67. The normalized spacial score (nSPS) is 13.8. The zero-order valence-electron chi connectivity index (χ0n) is 13.6.